The molecule has 0 unspecified atom stereocenters. The highest BCUT2D eigenvalue weighted by Gasteiger charge is 2.65. The van der Waals surface area contributed by atoms with Crippen LogP contribution in [0.2, 0.25) is 0 Å². The van der Waals surface area contributed by atoms with Gasteiger partial charge in [0.2, 0.25) is 0 Å². The van der Waals surface area contributed by atoms with E-state index in [2.05, 4.69) is 12.6 Å². The van der Waals surface area contributed by atoms with Gasteiger partial charge in [-0.05, 0) is 48.8 Å². The fourth-order valence-corrected chi connectivity index (χ4v) is 5.96. The molecule has 1 spiro atoms. The number of carbonyl (C=O) groups excluding carboxylic acids is 1. The van der Waals surface area contributed by atoms with Gasteiger partial charge in [0.25, 0.3) is 0 Å². The maximum atomic E-state index is 12.3. The first-order valence-electron chi connectivity index (χ1n) is 9.01. The number of amides is 1. The van der Waals surface area contributed by atoms with Crippen LogP contribution in [0.4, 0.5) is 4.79 Å². The summed E-state index contributed by atoms with van der Waals surface area (Å²) >= 11 is 0. The second kappa shape index (κ2) is 4.93. The van der Waals surface area contributed by atoms with Crippen LogP contribution in [0, 0.1) is 5.92 Å². The van der Waals surface area contributed by atoms with Gasteiger partial charge < -0.3 is 19.1 Å². The van der Waals surface area contributed by atoms with Crippen molar-refractivity contribution in [1.82, 2.24) is 4.90 Å². The third-order valence-corrected chi connectivity index (χ3v) is 6.88. The van der Waals surface area contributed by atoms with Crippen LogP contribution in [-0.4, -0.2) is 43.9 Å². The van der Waals surface area contributed by atoms with E-state index in [9.17, 15) is 4.79 Å². The molecule has 2 aliphatic carbocycles. The molecule has 132 valence electrons. The Kier molecular flexibility index (Phi) is 2.98. The SMILES string of the molecule is C=C1CC[C@H]2[C@H]3Cc4ccc(OC)c5c4[C@@]2(CCN3C(=O)OC)[C@H]1O5. The fraction of sp³-hybridized carbons (Fsp3) is 0.550. The Labute approximate surface area is 147 Å². The van der Waals surface area contributed by atoms with Crippen LogP contribution in [0.3, 0.4) is 0 Å². The van der Waals surface area contributed by atoms with Crippen molar-refractivity contribution in [2.24, 2.45) is 5.92 Å². The molecule has 4 atom stereocenters. The van der Waals surface area contributed by atoms with Crippen LogP contribution in [0.5, 0.6) is 11.5 Å². The molecule has 1 aromatic rings. The standard InChI is InChI=1S/C20H23NO4/c1-11-4-6-13-14-10-12-5-7-15(23-2)17-16(12)20(13,18(11)25-17)8-9-21(14)19(22)24-3/h5,7,13-14,18H,1,4,6,8-10H2,2-3H3/t13-,14+,18-,20-/m0/s1. The monoisotopic (exact) mass is 341 g/mol. The van der Waals surface area contributed by atoms with Crippen LogP contribution in [0.25, 0.3) is 0 Å². The highest BCUT2D eigenvalue weighted by Crippen LogP contribution is 2.64. The van der Waals surface area contributed by atoms with Crippen LogP contribution in [-0.2, 0) is 16.6 Å². The normalized spacial score (nSPS) is 34.2. The molecule has 5 nitrogen and oxygen atoms in total. The molecule has 5 heteroatoms. The predicted octanol–water partition coefficient (Wildman–Crippen LogP) is 3.06. The number of rotatable bonds is 1. The van der Waals surface area contributed by atoms with E-state index < -0.39 is 0 Å². The molecule has 2 bridgehead atoms. The zero-order valence-electron chi connectivity index (χ0n) is 14.7. The minimum Gasteiger partial charge on any atom is -0.493 e. The maximum absolute atomic E-state index is 12.3. The lowest BCUT2D eigenvalue weighted by atomic mass is 9.51. The van der Waals surface area contributed by atoms with Crippen molar-refractivity contribution < 1.29 is 19.0 Å². The third kappa shape index (κ3) is 1.66. The lowest BCUT2D eigenvalue weighted by molar-refractivity contribution is -0.0269. The first-order valence-corrected chi connectivity index (χ1v) is 9.01. The molecule has 0 aromatic heterocycles. The van der Waals surface area contributed by atoms with Gasteiger partial charge in [-0.3, -0.25) is 0 Å². The lowest BCUT2D eigenvalue weighted by Gasteiger charge is -2.58. The van der Waals surface area contributed by atoms with Gasteiger partial charge >= 0.3 is 6.09 Å². The summed E-state index contributed by atoms with van der Waals surface area (Å²) in [6.45, 7) is 5.03. The highest BCUT2D eigenvalue weighted by atomic mass is 16.5. The van der Waals surface area contributed by atoms with E-state index in [1.807, 2.05) is 11.0 Å². The van der Waals surface area contributed by atoms with Crippen molar-refractivity contribution >= 4 is 6.09 Å². The molecule has 1 saturated heterocycles. The van der Waals surface area contributed by atoms with E-state index in [1.54, 1.807) is 7.11 Å². The summed E-state index contributed by atoms with van der Waals surface area (Å²) in [5, 5.41) is 0. The largest absolute Gasteiger partial charge is 0.493 e. The second-order valence-corrected chi connectivity index (χ2v) is 7.66. The second-order valence-electron chi connectivity index (χ2n) is 7.66. The summed E-state index contributed by atoms with van der Waals surface area (Å²) in [6, 6.07) is 4.31. The van der Waals surface area contributed by atoms with Crippen LogP contribution in [0.15, 0.2) is 24.3 Å². The summed E-state index contributed by atoms with van der Waals surface area (Å²) < 4.78 is 17.1. The van der Waals surface area contributed by atoms with Crippen molar-refractivity contribution in [3.8, 4) is 11.5 Å². The number of piperidine rings is 1. The van der Waals surface area contributed by atoms with Gasteiger partial charge in [0, 0.05) is 23.6 Å². The number of likely N-dealkylation sites (tertiary alicyclic amines) is 1. The van der Waals surface area contributed by atoms with Crippen molar-refractivity contribution in [2.45, 2.75) is 43.2 Å². The quantitative estimate of drug-likeness (QED) is 0.737. The molecule has 1 amide bonds. The molecule has 2 heterocycles. The average molecular weight is 341 g/mol. The number of benzene rings is 1. The lowest BCUT2D eigenvalue weighted by Crippen LogP contribution is -2.65. The van der Waals surface area contributed by atoms with Gasteiger partial charge in [-0.1, -0.05) is 12.6 Å². The highest BCUT2D eigenvalue weighted by molar-refractivity contribution is 5.70. The van der Waals surface area contributed by atoms with Crippen LogP contribution in [0.1, 0.15) is 30.4 Å². The van der Waals surface area contributed by atoms with Crippen LogP contribution >= 0.6 is 0 Å². The Balaban J connectivity index is 1.73. The van der Waals surface area contributed by atoms with E-state index in [0.717, 1.165) is 37.2 Å². The smallest absolute Gasteiger partial charge is 0.409 e. The number of carbonyl (C=O) groups is 1. The summed E-state index contributed by atoms with van der Waals surface area (Å²) in [5.74, 6) is 2.10. The van der Waals surface area contributed by atoms with Crippen LogP contribution < -0.4 is 9.47 Å². The molecule has 1 saturated carbocycles. The summed E-state index contributed by atoms with van der Waals surface area (Å²) in [7, 11) is 3.16. The van der Waals surface area contributed by atoms with Gasteiger partial charge in [0.1, 0.15) is 6.10 Å². The topological polar surface area (TPSA) is 48.0 Å². The van der Waals surface area contributed by atoms with Crippen molar-refractivity contribution in [3.63, 3.8) is 0 Å². The minimum absolute atomic E-state index is 0.00102. The van der Waals surface area contributed by atoms with Crippen molar-refractivity contribution in [2.75, 3.05) is 20.8 Å². The van der Waals surface area contributed by atoms with Crippen molar-refractivity contribution in [1.29, 1.82) is 0 Å². The molecule has 0 N–H and O–H groups in total. The van der Waals surface area contributed by atoms with E-state index in [-0.39, 0.29) is 23.7 Å². The predicted molar refractivity (Wildman–Crippen MR) is 92.2 cm³/mol. The number of methoxy groups -OCH3 is 2. The number of ether oxygens (including phenoxy) is 3. The summed E-state index contributed by atoms with van der Waals surface area (Å²) in [5.41, 5.74) is 3.71. The van der Waals surface area contributed by atoms with E-state index in [0.29, 0.717) is 12.5 Å². The molecular weight excluding hydrogens is 318 g/mol. The number of nitrogens with zero attached hydrogens (tertiary/aromatic N) is 1. The van der Waals surface area contributed by atoms with Gasteiger partial charge in [-0.25, -0.2) is 4.79 Å². The zero-order chi connectivity index (χ0) is 17.3. The molecule has 1 aromatic carbocycles. The fourth-order valence-electron chi connectivity index (χ4n) is 5.96. The maximum Gasteiger partial charge on any atom is 0.409 e. The molecule has 4 aliphatic rings. The molecule has 25 heavy (non-hydrogen) atoms. The van der Waals surface area contributed by atoms with Gasteiger partial charge in [0.05, 0.1) is 14.2 Å². The Hall–Kier alpha value is -2.17. The van der Waals surface area contributed by atoms with Crippen molar-refractivity contribution in [3.05, 3.63) is 35.4 Å². The molecule has 2 aliphatic heterocycles. The molecule has 5 rings (SSSR count). The van der Waals surface area contributed by atoms with E-state index >= 15 is 0 Å². The zero-order valence-corrected chi connectivity index (χ0v) is 14.7. The summed E-state index contributed by atoms with van der Waals surface area (Å²) in [6.07, 6.45) is 3.54. The number of hydrogen-bond donors (Lipinski definition) is 0. The number of hydrogen-bond acceptors (Lipinski definition) is 4. The first kappa shape index (κ1) is 15.1. The molecular formula is C20H23NO4. The Morgan fingerprint density at radius 2 is 2.24 bits per heavy atom. The first-order chi connectivity index (χ1) is 12.1. The van der Waals surface area contributed by atoms with Gasteiger partial charge in [-0.2, -0.15) is 0 Å². The van der Waals surface area contributed by atoms with E-state index in [1.165, 1.54) is 23.8 Å². The third-order valence-electron chi connectivity index (χ3n) is 6.88. The minimum atomic E-state index is -0.211. The molecule has 2 fully saturated rings. The van der Waals surface area contributed by atoms with E-state index in [4.69, 9.17) is 14.2 Å². The summed E-state index contributed by atoms with van der Waals surface area (Å²) in [4.78, 5) is 14.3. The van der Waals surface area contributed by atoms with Gasteiger partial charge in [-0.15, -0.1) is 0 Å². The molecule has 0 radical (unpaired) electrons. The average Bonchev–Trinajstić information content (AvgIpc) is 2.97. The Morgan fingerprint density at radius 1 is 1.40 bits per heavy atom. The Bertz CT molecular complexity index is 788. The van der Waals surface area contributed by atoms with Gasteiger partial charge in [0.15, 0.2) is 11.5 Å². The Morgan fingerprint density at radius 3 is 3.00 bits per heavy atom.